The highest BCUT2D eigenvalue weighted by Crippen LogP contribution is 2.22. The second kappa shape index (κ2) is 5.82. The highest BCUT2D eigenvalue weighted by atomic mass is 16.4. The van der Waals surface area contributed by atoms with Crippen LogP contribution in [-0.4, -0.2) is 25.8 Å². The maximum atomic E-state index is 10.9. The first-order valence-electron chi connectivity index (χ1n) is 6.73. The Kier molecular flexibility index (Phi) is 4.14. The number of carbonyl (C=O) groups is 1. The molecule has 0 saturated heterocycles. The van der Waals surface area contributed by atoms with Gasteiger partial charge in [-0.3, -0.25) is 4.68 Å². The zero-order valence-corrected chi connectivity index (χ0v) is 11.3. The van der Waals surface area contributed by atoms with Gasteiger partial charge < -0.3 is 5.11 Å². The van der Waals surface area contributed by atoms with Crippen molar-refractivity contribution in [1.29, 1.82) is 0 Å². The molecule has 2 aromatic rings. The van der Waals surface area contributed by atoms with Gasteiger partial charge >= 0.3 is 5.97 Å². The third-order valence-corrected chi connectivity index (χ3v) is 3.24. The van der Waals surface area contributed by atoms with E-state index in [4.69, 9.17) is 5.11 Å². The molecule has 0 spiro atoms. The van der Waals surface area contributed by atoms with Gasteiger partial charge in [0, 0.05) is 17.8 Å². The van der Waals surface area contributed by atoms with Crippen LogP contribution in [0.2, 0.25) is 0 Å². The predicted molar refractivity (Wildman–Crippen MR) is 73.3 cm³/mol. The van der Waals surface area contributed by atoms with Gasteiger partial charge in [-0.2, -0.15) is 5.10 Å². The van der Waals surface area contributed by atoms with Crippen LogP contribution in [0.25, 0.3) is 11.0 Å². The van der Waals surface area contributed by atoms with Gasteiger partial charge in [0.25, 0.3) is 0 Å². The van der Waals surface area contributed by atoms with E-state index < -0.39 is 5.97 Å². The Bertz CT molecular complexity index is 571. The van der Waals surface area contributed by atoms with Crippen LogP contribution in [0.1, 0.15) is 55.9 Å². The molecule has 0 aliphatic rings. The monoisotopic (exact) mass is 261 g/mol. The van der Waals surface area contributed by atoms with Crippen LogP contribution in [0.5, 0.6) is 0 Å². The van der Waals surface area contributed by atoms with Crippen molar-refractivity contribution in [2.75, 3.05) is 0 Å². The lowest BCUT2D eigenvalue weighted by molar-refractivity contribution is 0.0696. The molecule has 0 aliphatic heterocycles. The molecule has 0 aromatic carbocycles. The molecule has 0 radical (unpaired) electrons. The molecule has 2 rings (SSSR count). The maximum Gasteiger partial charge on any atom is 0.337 e. The number of rotatable bonds is 6. The number of carboxylic acids is 1. The molecule has 0 atom stereocenters. The van der Waals surface area contributed by atoms with E-state index in [1.54, 1.807) is 6.07 Å². The summed E-state index contributed by atoms with van der Waals surface area (Å²) in [5.74, 6) is -0.958. The topological polar surface area (TPSA) is 68.0 Å². The van der Waals surface area contributed by atoms with Crippen LogP contribution in [0.4, 0.5) is 0 Å². The summed E-state index contributed by atoms with van der Waals surface area (Å²) in [5, 5.41) is 14.2. The number of aromatic carboxylic acids is 1. The van der Waals surface area contributed by atoms with Crippen molar-refractivity contribution < 1.29 is 9.90 Å². The van der Waals surface area contributed by atoms with E-state index >= 15 is 0 Å². The zero-order valence-electron chi connectivity index (χ0n) is 11.3. The van der Waals surface area contributed by atoms with Gasteiger partial charge in [0.05, 0.1) is 11.6 Å². The Morgan fingerprint density at radius 3 is 2.63 bits per heavy atom. The lowest BCUT2D eigenvalue weighted by Crippen LogP contribution is -2.09. The van der Waals surface area contributed by atoms with E-state index in [-0.39, 0.29) is 5.56 Å². The average molecular weight is 261 g/mol. The lowest BCUT2D eigenvalue weighted by Gasteiger charge is -2.15. The second-order valence-electron chi connectivity index (χ2n) is 4.78. The van der Waals surface area contributed by atoms with Crippen LogP contribution in [-0.2, 0) is 0 Å². The molecule has 0 fully saturated rings. The Morgan fingerprint density at radius 1 is 1.37 bits per heavy atom. The number of aromatic nitrogens is 3. The summed E-state index contributed by atoms with van der Waals surface area (Å²) in [4.78, 5) is 15.0. The Hall–Kier alpha value is -1.91. The minimum Gasteiger partial charge on any atom is -0.478 e. The first-order valence-corrected chi connectivity index (χ1v) is 6.73. The van der Waals surface area contributed by atoms with Crippen molar-refractivity contribution in [3.63, 3.8) is 0 Å². The molecule has 2 heterocycles. The second-order valence-corrected chi connectivity index (χ2v) is 4.78. The van der Waals surface area contributed by atoms with Gasteiger partial charge in [-0.15, -0.1) is 0 Å². The normalized spacial score (nSPS) is 11.3. The van der Waals surface area contributed by atoms with Crippen molar-refractivity contribution in [1.82, 2.24) is 14.8 Å². The van der Waals surface area contributed by atoms with Gasteiger partial charge in [-0.1, -0.05) is 26.7 Å². The summed E-state index contributed by atoms with van der Waals surface area (Å²) >= 11 is 0. The fraction of sp³-hybridized carbons (Fsp3) is 0.500. The van der Waals surface area contributed by atoms with Crippen molar-refractivity contribution in [2.45, 2.75) is 45.6 Å². The third-order valence-electron chi connectivity index (χ3n) is 3.24. The largest absolute Gasteiger partial charge is 0.478 e. The molecule has 5 nitrogen and oxygen atoms in total. The van der Waals surface area contributed by atoms with E-state index in [1.165, 1.54) is 6.20 Å². The highest BCUT2D eigenvalue weighted by molar-refractivity contribution is 5.91. The molecule has 5 heteroatoms. The number of carboxylic acid groups (broad SMARTS) is 1. The summed E-state index contributed by atoms with van der Waals surface area (Å²) in [6, 6.07) is 2.00. The minimum absolute atomic E-state index is 0.203. The third kappa shape index (κ3) is 2.92. The fourth-order valence-electron chi connectivity index (χ4n) is 2.31. The molecule has 0 aliphatic carbocycles. The molecule has 0 saturated carbocycles. The number of pyridine rings is 1. The highest BCUT2D eigenvalue weighted by Gasteiger charge is 2.13. The predicted octanol–water partition coefficient (Wildman–Crippen LogP) is 3.27. The summed E-state index contributed by atoms with van der Waals surface area (Å²) < 4.78 is 1.94. The van der Waals surface area contributed by atoms with Crippen LogP contribution >= 0.6 is 0 Å². The smallest absolute Gasteiger partial charge is 0.337 e. The molecule has 0 amide bonds. The molecular formula is C14H19N3O2. The summed E-state index contributed by atoms with van der Waals surface area (Å²) in [7, 11) is 0. The van der Waals surface area contributed by atoms with Crippen LogP contribution in [0, 0.1) is 0 Å². The molecule has 102 valence electrons. The van der Waals surface area contributed by atoms with Crippen molar-refractivity contribution in [3.8, 4) is 0 Å². The lowest BCUT2D eigenvalue weighted by atomic mass is 10.1. The molecule has 2 aromatic heterocycles. The molecule has 19 heavy (non-hydrogen) atoms. The van der Waals surface area contributed by atoms with Gasteiger partial charge in [-0.25, -0.2) is 9.78 Å². The first kappa shape index (κ1) is 13.5. The molecular weight excluding hydrogens is 242 g/mol. The summed E-state index contributed by atoms with van der Waals surface area (Å²) in [6.45, 7) is 4.32. The first-order chi connectivity index (χ1) is 9.15. The van der Waals surface area contributed by atoms with Crippen LogP contribution in [0.3, 0.4) is 0 Å². The molecule has 0 bridgehead atoms. The van der Waals surface area contributed by atoms with Gasteiger partial charge in [0.15, 0.2) is 5.65 Å². The standard InChI is InChI=1S/C14H19N3O2/c1-3-5-12(6-4-2)17-9-11-7-10(14(18)19)8-15-13(11)16-17/h7-9,12H,3-6H2,1-2H3,(H,18,19). The van der Waals surface area contributed by atoms with Crippen molar-refractivity contribution >= 4 is 17.0 Å². The summed E-state index contributed by atoms with van der Waals surface area (Å²) in [6.07, 6.45) is 7.63. The number of fused-ring (bicyclic) bond motifs is 1. The Labute approximate surface area is 112 Å². The Morgan fingerprint density at radius 2 is 2.05 bits per heavy atom. The average Bonchev–Trinajstić information content (AvgIpc) is 2.80. The van der Waals surface area contributed by atoms with Crippen molar-refractivity contribution in [3.05, 3.63) is 24.0 Å². The van der Waals surface area contributed by atoms with E-state index in [0.717, 1.165) is 31.1 Å². The van der Waals surface area contributed by atoms with Gasteiger partial charge in [0.1, 0.15) is 0 Å². The molecule has 1 N–H and O–H groups in total. The quantitative estimate of drug-likeness (QED) is 0.866. The van der Waals surface area contributed by atoms with E-state index in [1.807, 2.05) is 10.9 Å². The number of nitrogens with zero attached hydrogens (tertiary/aromatic N) is 3. The zero-order chi connectivity index (χ0) is 13.8. The SMILES string of the molecule is CCCC(CCC)n1cc2cc(C(=O)O)cnc2n1. The van der Waals surface area contributed by atoms with E-state index in [0.29, 0.717) is 11.7 Å². The van der Waals surface area contributed by atoms with E-state index in [9.17, 15) is 4.79 Å². The van der Waals surface area contributed by atoms with Crippen LogP contribution < -0.4 is 0 Å². The minimum atomic E-state index is -0.958. The van der Waals surface area contributed by atoms with E-state index in [2.05, 4.69) is 23.9 Å². The summed E-state index contributed by atoms with van der Waals surface area (Å²) in [5.41, 5.74) is 0.816. The number of hydrogen-bond donors (Lipinski definition) is 1. The molecule has 0 unspecified atom stereocenters. The Balaban J connectivity index is 2.36. The van der Waals surface area contributed by atoms with Crippen molar-refractivity contribution in [2.24, 2.45) is 0 Å². The maximum absolute atomic E-state index is 10.9. The van der Waals surface area contributed by atoms with Crippen LogP contribution in [0.15, 0.2) is 18.5 Å². The fourth-order valence-corrected chi connectivity index (χ4v) is 2.31. The van der Waals surface area contributed by atoms with Gasteiger partial charge in [-0.05, 0) is 18.9 Å². The van der Waals surface area contributed by atoms with Gasteiger partial charge in [0.2, 0.25) is 0 Å². The number of hydrogen-bond acceptors (Lipinski definition) is 3.